The van der Waals surface area contributed by atoms with Gasteiger partial charge in [0.2, 0.25) is 0 Å². The van der Waals surface area contributed by atoms with Gasteiger partial charge in [0.15, 0.2) is 0 Å². The fourth-order valence-electron chi connectivity index (χ4n) is 1.37. The molecule has 0 unspecified atom stereocenters. The minimum atomic E-state index is -5.21. The van der Waals surface area contributed by atoms with Crippen molar-refractivity contribution in [1.29, 1.82) is 5.26 Å². The maximum Gasteiger partial charge on any atom is 0.573 e. The number of esters is 1. The Hall–Kier alpha value is -2.37. The summed E-state index contributed by atoms with van der Waals surface area (Å²) in [6.45, 7) is 0. The number of hydrogen-bond acceptors (Lipinski definition) is 4. The summed E-state index contributed by atoms with van der Waals surface area (Å²) in [5, 5.41) is 8.75. The van der Waals surface area contributed by atoms with E-state index in [0.29, 0.717) is 12.1 Å². The van der Waals surface area contributed by atoms with Gasteiger partial charge in [-0.05, 0) is 12.1 Å². The Kier molecular flexibility index (Phi) is 4.49. The first-order valence-corrected chi connectivity index (χ1v) is 4.90. The van der Waals surface area contributed by atoms with Crippen LogP contribution in [0.5, 0.6) is 5.75 Å². The van der Waals surface area contributed by atoms with E-state index in [1.807, 2.05) is 0 Å². The first kappa shape index (κ1) is 15.7. The Labute approximate surface area is 109 Å². The quantitative estimate of drug-likeness (QED) is 0.634. The minimum absolute atomic E-state index is 0.339. The van der Waals surface area contributed by atoms with E-state index in [0.717, 1.165) is 7.11 Å². The number of benzene rings is 1. The average Bonchev–Trinajstić information content (AvgIpc) is 2.34. The van der Waals surface area contributed by atoms with E-state index in [1.54, 1.807) is 0 Å². The molecule has 0 atom stereocenters. The highest BCUT2D eigenvalue weighted by molar-refractivity contribution is 5.95. The number of ether oxygens (including phenoxy) is 2. The molecule has 0 aromatic heterocycles. The maximum absolute atomic E-state index is 12.5. The summed E-state index contributed by atoms with van der Waals surface area (Å²) in [7, 11) is 0.863. The molecule has 0 bridgehead atoms. The molecular weight excluding hydrogens is 289 g/mol. The molecule has 1 rings (SSSR count). The highest BCUT2D eigenvalue weighted by Gasteiger charge is 2.35. The fraction of sp³-hybridized carbons (Fsp3) is 0.273. The predicted molar refractivity (Wildman–Crippen MR) is 54.1 cm³/mol. The zero-order valence-corrected chi connectivity index (χ0v) is 9.79. The van der Waals surface area contributed by atoms with Crippen LogP contribution in [0.1, 0.15) is 27.9 Å². The normalized spacial score (nSPS) is 11.1. The first-order chi connectivity index (χ1) is 9.19. The summed E-state index contributed by atoms with van der Waals surface area (Å²) < 4.78 is 69.4. The summed E-state index contributed by atoms with van der Waals surface area (Å²) in [4.78, 5) is 11.4. The molecule has 0 saturated heterocycles. The van der Waals surface area contributed by atoms with Gasteiger partial charge in [-0.1, -0.05) is 0 Å². The van der Waals surface area contributed by atoms with Crippen LogP contribution in [-0.2, 0) is 4.74 Å². The van der Waals surface area contributed by atoms with E-state index in [2.05, 4.69) is 9.47 Å². The van der Waals surface area contributed by atoms with Gasteiger partial charge < -0.3 is 9.47 Å². The lowest BCUT2D eigenvalue weighted by molar-refractivity contribution is -0.274. The van der Waals surface area contributed by atoms with Gasteiger partial charge in [-0.15, -0.1) is 13.2 Å². The number of rotatable bonds is 3. The Morgan fingerprint density at radius 3 is 2.35 bits per heavy atom. The van der Waals surface area contributed by atoms with Crippen LogP contribution < -0.4 is 4.74 Å². The highest BCUT2D eigenvalue weighted by Crippen LogP contribution is 2.33. The molecule has 1 aromatic carbocycles. The molecule has 0 N–H and O–H groups in total. The van der Waals surface area contributed by atoms with Crippen LogP contribution in [0.2, 0.25) is 0 Å². The SMILES string of the molecule is COC(=O)c1c(C#N)cc(C(F)F)cc1OC(F)(F)F. The van der Waals surface area contributed by atoms with Gasteiger partial charge in [-0.3, -0.25) is 0 Å². The smallest absolute Gasteiger partial charge is 0.465 e. The molecule has 0 fully saturated rings. The van der Waals surface area contributed by atoms with Crippen molar-refractivity contribution in [2.45, 2.75) is 12.8 Å². The molecule has 0 heterocycles. The van der Waals surface area contributed by atoms with E-state index < -0.39 is 41.2 Å². The number of methoxy groups -OCH3 is 1. The summed E-state index contributed by atoms with van der Waals surface area (Å²) in [6.07, 6.45) is -8.35. The number of nitrogens with zero attached hydrogens (tertiary/aromatic N) is 1. The van der Waals surface area contributed by atoms with Crippen LogP contribution in [0.15, 0.2) is 12.1 Å². The number of carbonyl (C=O) groups excluding carboxylic acids is 1. The van der Waals surface area contributed by atoms with Gasteiger partial charge >= 0.3 is 12.3 Å². The van der Waals surface area contributed by atoms with Crippen molar-refractivity contribution >= 4 is 5.97 Å². The third-order valence-electron chi connectivity index (χ3n) is 2.11. The molecule has 0 aliphatic rings. The molecule has 0 spiro atoms. The molecule has 0 radical (unpaired) electrons. The van der Waals surface area contributed by atoms with Gasteiger partial charge in [-0.25, -0.2) is 13.6 Å². The zero-order chi connectivity index (χ0) is 15.5. The van der Waals surface area contributed by atoms with Gasteiger partial charge in [0.05, 0.1) is 12.7 Å². The van der Waals surface area contributed by atoms with E-state index >= 15 is 0 Å². The van der Waals surface area contributed by atoms with Gasteiger partial charge in [-0.2, -0.15) is 5.26 Å². The van der Waals surface area contributed by atoms with E-state index in [1.165, 1.54) is 6.07 Å². The van der Waals surface area contributed by atoms with Gasteiger partial charge in [0, 0.05) is 5.56 Å². The second kappa shape index (κ2) is 5.73. The average molecular weight is 295 g/mol. The molecule has 4 nitrogen and oxygen atoms in total. The van der Waals surface area contributed by atoms with Crippen molar-refractivity contribution in [2.24, 2.45) is 0 Å². The molecule has 0 aliphatic carbocycles. The van der Waals surface area contributed by atoms with Crippen molar-refractivity contribution in [1.82, 2.24) is 0 Å². The largest absolute Gasteiger partial charge is 0.573 e. The molecule has 1 aromatic rings. The Balaban J connectivity index is 3.53. The van der Waals surface area contributed by atoms with Crippen LogP contribution in [0.25, 0.3) is 0 Å². The van der Waals surface area contributed by atoms with Crippen LogP contribution in [-0.4, -0.2) is 19.4 Å². The van der Waals surface area contributed by atoms with E-state index in [4.69, 9.17) is 5.26 Å². The van der Waals surface area contributed by atoms with Crippen LogP contribution in [0.4, 0.5) is 22.0 Å². The molecule has 20 heavy (non-hydrogen) atoms. The van der Waals surface area contributed by atoms with Crippen molar-refractivity contribution < 1.29 is 36.2 Å². The molecule has 0 aliphatic heterocycles. The van der Waals surface area contributed by atoms with Gasteiger partial charge in [0.1, 0.15) is 17.4 Å². The van der Waals surface area contributed by atoms with E-state index in [-0.39, 0.29) is 0 Å². The molecule has 0 saturated carbocycles. The molecule has 0 amide bonds. The Morgan fingerprint density at radius 1 is 1.35 bits per heavy atom. The minimum Gasteiger partial charge on any atom is -0.465 e. The summed E-state index contributed by atoms with van der Waals surface area (Å²) in [5.74, 6) is -2.51. The second-order valence-corrected chi connectivity index (χ2v) is 3.39. The van der Waals surface area contributed by atoms with Crippen molar-refractivity contribution in [2.75, 3.05) is 7.11 Å². The van der Waals surface area contributed by atoms with Crippen LogP contribution in [0, 0.1) is 11.3 Å². The number of nitriles is 1. The first-order valence-electron chi connectivity index (χ1n) is 4.90. The lowest BCUT2D eigenvalue weighted by Crippen LogP contribution is -2.20. The second-order valence-electron chi connectivity index (χ2n) is 3.39. The predicted octanol–water partition coefficient (Wildman–Crippen LogP) is 3.18. The fourth-order valence-corrected chi connectivity index (χ4v) is 1.37. The van der Waals surface area contributed by atoms with Crippen molar-refractivity contribution in [3.05, 3.63) is 28.8 Å². The summed E-state index contributed by atoms with van der Waals surface area (Å²) in [6, 6.07) is 2.29. The Bertz CT molecular complexity index is 562. The third kappa shape index (κ3) is 3.57. The van der Waals surface area contributed by atoms with Crippen molar-refractivity contribution in [3.63, 3.8) is 0 Å². The monoisotopic (exact) mass is 295 g/mol. The third-order valence-corrected chi connectivity index (χ3v) is 2.11. The Morgan fingerprint density at radius 2 is 1.95 bits per heavy atom. The number of alkyl halides is 5. The topological polar surface area (TPSA) is 59.3 Å². The number of hydrogen-bond donors (Lipinski definition) is 0. The lowest BCUT2D eigenvalue weighted by Gasteiger charge is -2.14. The van der Waals surface area contributed by atoms with Gasteiger partial charge in [0.25, 0.3) is 6.43 Å². The molecule has 9 heteroatoms. The summed E-state index contributed by atoms with van der Waals surface area (Å²) in [5.41, 5.74) is -2.45. The highest BCUT2D eigenvalue weighted by atomic mass is 19.4. The van der Waals surface area contributed by atoms with Crippen molar-refractivity contribution in [3.8, 4) is 11.8 Å². The molecule has 108 valence electrons. The van der Waals surface area contributed by atoms with Crippen LogP contribution >= 0.6 is 0 Å². The lowest BCUT2D eigenvalue weighted by atomic mass is 10.0. The summed E-state index contributed by atoms with van der Waals surface area (Å²) >= 11 is 0. The zero-order valence-electron chi connectivity index (χ0n) is 9.79. The number of carbonyl (C=O) groups is 1. The van der Waals surface area contributed by atoms with E-state index in [9.17, 15) is 26.7 Å². The standard InChI is InChI=1S/C11H6F5NO3/c1-19-10(18)8-6(4-17)2-5(9(12)13)3-7(8)20-11(14,15)16/h2-3,9H,1H3. The van der Waals surface area contributed by atoms with Crippen LogP contribution in [0.3, 0.4) is 0 Å². The number of halogens is 5. The maximum atomic E-state index is 12.5. The molecular formula is C11H6F5NO3.